The lowest BCUT2D eigenvalue weighted by atomic mass is 9.86. The van der Waals surface area contributed by atoms with Crippen LogP contribution in [0.3, 0.4) is 0 Å². The summed E-state index contributed by atoms with van der Waals surface area (Å²) in [7, 11) is 1.07. The third-order valence-corrected chi connectivity index (χ3v) is 6.43. The van der Waals surface area contributed by atoms with E-state index in [9.17, 15) is 4.21 Å². The summed E-state index contributed by atoms with van der Waals surface area (Å²) < 4.78 is 22.3. The molecule has 1 saturated carbocycles. The van der Waals surface area contributed by atoms with Crippen molar-refractivity contribution in [1.29, 1.82) is 4.78 Å². The summed E-state index contributed by atoms with van der Waals surface area (Å²) in [5, 5.41) is 1.04. The number of hydrogen-bond donors (Lipinski definition) is 3. The molecule has 3 N–H and O–H groups in total. The maximum Gasteiger partial charge on any atom is 0.142 e. The molecule has 2 heterocycles. The maximum absolute atomic E-state index is 11.9. The van der Waals surface area contributed by atoms with Gasteiger partial charge in [0.2, 0.25) is 0 Å². The van der Waals surface area contributed by atoms with Crippen LogP contribution < -0.4 is 9.62 Å². The number of aromatic nitrogens is 3. The fourth-order valence-corrected chi connectivity index (χ4v) is 4.59. The molecule has 0 aromatic carbocycles. The summed E-state index contributed by atoms with van der Waals surface area (Å²) in [5.74, 6) is 1.78. The van der Waals surface area contributed by atoms with Crippen LogP contribution >= 0.6 is 0 Å². The highest BCUT2D eigenvalue weighted by molar-refractivity contribution is 7.90. The summed E-state index contributed by atoms with van der Waals surface area (Å²) in [6.45, 7) is 0. The Hall–Kier alpha value is -1.67. The maximum atomic E-state index is 11.9. The average molecular weight is 336 g/mol. The van der Waals surface area contributed by atoms with Crippen molar-refractivity contribution in [1.82, 2.24) is 19.7 Å². The Morgan fingerprint density at radius 3 is 2.83 bits per heavy atom. The largest absolute Gasteiger partial charge is 0.356 e. The zero-order valence-electron chi connectivity index (χ0n) is 13.6. The smallest absolute Gasteiger partial charge is 0.142 e. The van der Waals surface area contributed by atoms with Crippen molar-refractivity contribution in [2.24, 2.45) is 5.92 Å². The van der Waals surface area contributed by atoms with E-state index in [2.05, 4.69) is 31.6 Å². The molecule has 1 aliphatic rings. The summed E-state index contributed by atoms with van der Waals surface area (Å²) in [6, 6.07) is 2.44. The number of fused-ring (bicyclic) bond motifs is 1. The van der Waals surface area contributed by atoms with Crippen LogP contribution in [-0.2, 0) is 9.92 Å². The molecule has 1 atom stereocenters. The molecule has 0 aliphatic heterocycles. The zero-order valence-corrected chi connectivity index (χ0v) is 14.4. The van der Waals surface area contributed by atoms with E-state index in [4.69, 9.17) is 4.78 Å². The predicted molar refractivity (Wildman–Crippen MR) is 92.8 cm³/mol. The standard InChI is InChI=1S/C15H24N6OS/c1-17-23(16,22)9-11-3-5-12(6-4-11)21(2)15-13-7-8-18-14(13)19-10-20-15/h7-8,10-12H,3-6,9H2,1-2H3,(H2,16,17,22)(H,18,19,20). The molecular formula is C15H24N6OS. The predicted octanol–water partition coefficient (Wildman–Crippen LogP) is 2.13. The van der Waals surface area contributed by atoms with E-state index in [1.807, 2.05) is 12.3 Å². The number of hydrogen-bond acceptors (Lipinski definition) is 5. The van der Waals surface area contributed by atoms with Crippen molar-refractivity contribution in [3.8, 4) is 0 Å². The molecule has 2 aromatic rings. The molecular weight excluding hydrogens is 312 g/mol. The van der Waals surface area contributed by atoms with Crippen molar-refractivity contribution in [3.63, 3.8) is 0 Å². The van der Waals surface area contributed by atoms with Gasteiger partial charge >= 0.3 is 0 Å². The highest BCUT2D eigenvalue weighted by Crippen LogP contribution is 2.31. The molecule has 2 aromatic heterocycles. The first-order chi connectivity index (χ1) is 11.0. The average Bonchev–Trinajstić information content (AvgIpc) is 3.03. The molecule has 1 unspecified atom stereocenters. The Labute approximate surface area is 137 Å². The van der Waals surface area contributed by atoms with Gasteiger partial charge in [-0.15, -0.1) is 0 Å². The van der Waals surface area contributed by atoms with Gasteiger partial charge in [0.25, 0.3) is 0 Å². The van der Waals surface area contributed by atoms with Crippen LogP contribution in [0.4, 0.5) is 5.82 Å². The van der Waals surface area contributed by atoms with Gasteiger partial charge < -0.3 is 9.88 Å². The van der Waals surface area contributed by atoms with Crippen LogP contribution in [0, 0.1) is 10.7 Å². The SMILES string of the molecule is CNS(=N)(=O)CC1CCC(N(C)c2ncnc3[nH]ccc23)CC1. The van der Waals surface area contributed by atoms with Gasteiger partial charge in [-0.1, -0.05) is 0 Å². The van der Waals surface area contributed by atoms with Crippen molar-refractivity contribution in [2.45, 2.75) is 31.7 Å². The van der Waals surface area contributed by atoms with Gasteiger partial charge in [-0.25, -0.2) is 23.7 Å². The second-order valence-electron chi connectivity index (χ2n) is 6.27. The van der Waals surface area contributed by atoms with Gasteiger partial charge in [-0.2, -0.15) is 0 Å². The quantitative estimate of drug-likeness (QED) is 0.779. The van der Waals surface area contributed by atoms with E-state index in [0.29, 0.717) is 17.7 Å². The van der Waals surface area contributed by atoms with Gasteiger partial charge in [-0.05, 0) is 44.7 Å². The van der Waals surface area contributed by atoms with E-state index in [-0.39, 0.29) is 0 Å². The van der Waals surface area contributed by atoms with Gasteiger partial charge in [-0.3, -0.25) is 0 Å². The molecule has 1 aliphatic carbocycles. The highest BCUT2D eigenvalue weighted by Gasteiger charge is 2.27. The topological polar surface area (TPSA) is 97.8 Å². The Kier molecular flexibility index (Phi) is 4.54. The molecule has 0 bridgehead atoms. The minimum atomic E-state index is -2.62. The summed E-state index contributed by atoms with van der Waals surface area (Å²) >= 11 is 0. The summed E-state index contributed by atoms with van der Waals surface area (Å²) in [4.78, 5) is 14.1. The van der Waals surface area contributed by atoms with Crippen LogP contribution in [-0.4, -0.2) is 45.1 Å². The monoisotopic (exact) mass is 336 g/mol. The van der Waals surface area contributed by atoms with Crippen LogP contribution in [0.15, 0.2) is 18.6 Å². The van der Waals surface area contributed by atoms with Crippen LogP contribution in [0.2, 0.25) is 0 Å². The van der Waals surface area contributed by atoms with Crippen molar-refractivity contribution >= 4 is 26.8 Å². The molecule has 3 rings (SSSR count). The van der Waals surface area contributed by atoms with E-state index in [0.717, 1.165) is 42.5 Å². The van der Waals surface area contributed by atoms with Gasteiger partial charge in [0.1, 0.15) is 27.7 Å². The number of nitrogens with one attached hydrogen (secondary N) is 3. The second kappa shape index (κ2) is 6.45. The number of anilines is 1. The highest BCUT2D eigenvalue weighted by atomic mass is 32.2. The third-order valence-electron chi connectivity index (χ3n) is 4.83. The first kappa shape index (κ1) is 16.2. The first-order valence-corrected chi connectivity index (χ1v) is 9.69. The number of nitrogens with zero attached hydrogens (tertiary/aromatic N) is 3. The summed E-state index contributed by atoms with van der Waals surface area (Å²) in [5.41, 5.74) is 0.860. The van der Waals surface area contributed by atoms with Crippen LogP contribution in [0.1, 0.15) is 25.7 Å². The number of rotatable bonds is 5. The molecule has 126 valence electrons. The minimum Gasteiger partial charge on any atom is -0.356 e. The molecule has 0 radical (unpaired) electrons. The van der Waals surface area contributed by atoms with Crippen molar-refractivity contribution in [3.05, 3.63) is 18.6 Å². The summed E-state index contributed by atoms with van der Waals surface area (Å²) in [6.07, 6.45) is 7.57. The second-order valence-corrected chi connectivity index (χ2v) is 8.36. The fourth-order valence-electron chi connectivity index (χ4n) is 3.43. The minimum absolute atomic E-state index is 0.370. The Morgan fingerprint density at radius 1 is 1.39 bits per heavy atom. The third kappa shape index (κ3) is 3.48. The normalized spacial score (nSPS) is 24.4. The first-order valence-electron chi connectivity index (χ1n) is 7.96. The van der Waals surface area contributed by atoms with E-state index < -0.39 is 9.92 Å². The molecule has 23 heavy (non-hydrogen) atoms. The molecule has 8 heteroatoms. The lowest BCUT2D eigenvalue weighted by molar-refractivity contribution is 0.342. The molecule has 0 spiro atoms. The number of aromatic amines is 1. The molecule has 0 amide bonds. The van der Waals surface area contributed by atoms with E-state index in [1.54, 1.807) is 13.4 Å². The van der Waals surface area contributed by atoms with Crippen molar-refractivity contribution < 1.29 is 4.21 Å². The van der Waals surface area contributed by atoms with Gasteiger partial charge in [0.15, 0.2) is 0 Å². The lowest BCUT2D eigenvalue weighted by Gasteiger charge is -2.35. The Bertz CT molecular complexity index is 763. The van der Waals surface area contributed by atoms with E-state index >= 15 is 0 Å². The number of H-pyrrole nitrogens is 1. The molecule has 7 nitrogen and oxygen atoms in total. The molecule has 0 saturated heterocycles. The zero-order chi connectivity index (χ0) is 16.4. The molecule has 1 fully saturated rings. The van der Waals surface area contributed by atoms with Gasteiger partial charge in [0.05, 0.1) is 5.39 Å². The lowest BCUT2D eigenvalue weighted by Crippen LogP contribution is -2.37. The Morgan fingerprint density at radius 2 is 2.13 bits per heavy atom. The van der Waals surface area contributed by atoms with Gasteiger partial charge in [0, 0.05) is 25.0 Å². The van der Waals surface area contributed by atoms with Crippen LogP contribution in [0.25, 0.3) is 11.0 Å². The van der Waals surface area contributed by atoms with Crippen LogP contribution in [0.5, 0.6) is 0 Å². The fraction of sp³-hybridized carbons (Fsp3) is 0.600. The Balaban J connectivity index is 1.67. The van der Waals surface area contributed by atoms with Crippen molar-refractivity contribution in [2.75, 3.05) is 24.7 Å². The van der Waals surface area contributed by atoms with E-state index in [1.165, 1.54) is 0 Å².